The number of fused-ring (bicyclic) bond motifs is 1. The van der Waals surface area contributed by atoms with E-state index in [0.717, 1.165) is 0 Å². The second kappa shape index (κ2) is 3.51. The van der Waals surface area contributed by atoms with Gasteiger partial charge in [-0.2, -0.15) is 5.26 Å². The zero-order chi connectivity index (χ0) is 11.8. The monoisotopic (exact) mass is 218 g/mol. The molecule has 1 aromatic rings. The number of benzene rings is 1. The number of anilines is 1. The van der Waals surface area contributed by atoms with Crippen LogP contribution in [0, 0.1) is 11.3 Å². The minimum absolute atomic E-state index is 0.279. The highest BCUT2D eigenvalue weighted by molar-refractivity contribution is 6.05. The first-order valence-electron chi connectivity index (χ1n) is 4.71. The number of rotatable bonds is 2. The average Bonchev–Trinajstić information content (AvgIpc) is 2.52. The number of carbonyl (C=O) groups is 1. The third-order valence-electron chi connectivity index (χ3n) is 2.63. The van der Waals surface area contributed by atoms with Crippen LogP contribution in [-0.2, 0) is 10.4 Å². The van der Waals surface area contributed by atoms with E-state index in [1.165, 1.54) is 7.11 Å². The molecule has 82 valence electrons. The number of hydrogen-bond donors (Lipinski definition) is 2. The van der Waals surface area contributed by atoms with Crippen LogP contribution in [0.2, 0.25) is 0 Å². The summed E-state index contributed by atoms with van der Waals surface area (Å²) in [6.07, 6.45) is -0.279. The first-order valence-corrected chi connectivity index (χ1v) is 4.71. The molecule has 16 heavy (non-hydrogen) atoms. The molecular weight excluding hydrogens is 208 g/mol. The van der Waals surface area contributed by atoms with Gasteiger partial charge in [-0.15, -0.1) is 0 Å². The number of ether oxygens (including phenoxy) is 1. The van der Waals surface area contributed by atoms with Crippen molar-refractivity contribution in [1.29, 1.82) is 5.26 Å². The average molecular weight is 218 g/mol. The van der Waals surface area contributed by atoms with Crippen LogP contribution in [0.25, 0.3) is 0 Å². The molecule has 0 saturated carbocycles. The van der Waals surface area contributed by atoms with E-state index in [0.29, 0.717) is 17.0 Å². The summed E-state index contributed by atoms with van der Waals surface area (Å²) in [6, 6.07) is 6.69. The summed E-state index contributed by atoms with van der Waals surface area (Å²) in [7, 11) is 1.50. The SMILES string of the molecule is COc1ccc2c(c1)[C@@](O)(CC#N)C(=O)N2. The van der Waals surface area contributed by atoms with Crippen LogP contribution in [0.15, 0.2) is 18.2 Å². The maximum Gasteiger partial charge on any atom is 0.262 e. The molecule has 1 aliphatic rings. The largest absolute Gasteiger partial charge is 0.497 e. The van der Waals surface area contributed by atoms with Crippen molar-refractivity contribution in [3.8, 4) is 11.8 Å². The lowest BCUT2D eigenvalue weighted by Crippen LogP contribution is -2.33. The molecule has 5 nitrogen and oxygen atoms in total. The number of amides is 1. The zero-order valence-corrected chi connectivity index (χ0v) is 8.65. The minimum atomic E-state index is -1.77. The Balaban J connectivity index is 2.54. The summed E-state index contributed by atoms with van der Waals surface area (Å²) in [5.41, 5.74) is -0.861. The Morgan fingerprint density at radius 3 is 3.00 bits per heavy atom. The fourth-order valence-electron chi connectivity index (χ4n) is 1.74. The van der Waals surface area contributed by atoms with Crippen molar-refractivity contribution >= 4 is 11.6 Å². The van der Waals surface area contributed by atoms with Crippen molar-refractivity contribution in [3.63, 3.8) is 0 Å². The summed E-state index contributed by atoms with van der Waals surface area (Å²) in [5, 5.41) is 21.3. The van der Waals surface area contributed by atoms with Gasteiger partial charge in [-0.05, 0) is 18.2 Å². The molecule has 2 rings (SSSR count). The summed E-state index contributed by atoms with van der Waals surface area (Å²) < 4.78 is 5.01. The number of nitriles is 1. The number of hydrogen-bond acceptors (Lipinski definition) is 4. The van der Waals surface area contributed by atoms with Crippen molar-refractivity contribution in [2.45, 2.75) is 12.0 Å². The molecule has 1 heterocycles. The topological polar surface area (TPSA) is 82.3 Å². The van der Waals surface area contributed by atoms with E-state index in [1.807, 2.05) is 6.07 Å². The second-order valence-electron chi connectivity index (χ2n) is 3.56. The lowest BCUT2D eigenvalue weighted by atomic mass is 9.92. The van der Waals surface area contributed by atoms with Gasteiger partial charge < -0.3 is 15.2 Å². The lowest BCUT2D eigenvalue weighted by molar-refractivity contribution is -0.133. The Kier molecular flexibility index (Phi) is 2.29. The van der Waals surface area contributed by atoms with E-state index in [1.54, 1.807) is 18.2 Å². The third kappa shape index (κ3) is 1.32. The van der Waals surface area contributed by atoms with Crippen molar-refractivity contribution in [2.75, 3.05) is 12.4 Å². The van der Waals surface area contributed by atoms with Crippen LogP contribution in [0.1, 0.15) is 12.0 Å². The molecular formula is C11H10N2O3. The number of aliphatic hydroxyl groups is 1. The zero-order valence-electron chi connectivity index (χ0n) is 8.65. The number of nitrogens with zero attached hydrogens (tertiary/aromatic N) is 1. The third-order valence-corrected chi connectivity index (χ3v) is 2.63. The predicted octanol–water partition coefficient (Wildman–Crippen LogP) is 0.749. The maximum atomic E-state index is 11.6. The number of nitrogens with one attached hydrogen (secondary N) is 1. The van der Waals surface area contributed by atoms with Crippen molar-refractivity contribution < 1.29 is 14.6 Å². The lowest BCUT2D eigenvalue weighted by Gasteiger charge is -2.17. The molecule has 0 aliphatic carbocycles. The molecule has 0 saturated heterocycles. The summed E-state index contributed by atoms with van der Waals surface area (Å²) in [5.74, 6) is -0.0380. The van der Waals surface area contributed by atoms with Crippen LogP contribution in [0.4, 0.5) is 5.69 Å². The highest BCUT2D eigenvalue weighted by Gasteiger charge is 2.45. The highest BCUT2D eigenvalue weighted by Crippen LogP contribution is 2.39. The van der Waals surface area contributed by atoms with Crippen molar-refractivity contribution in [1.82, 2.24) is 0 Å². The Morgan fingerprint density at radius 1 is 1.62 bits per heavy atom. The normalized spacial score (nSPS) is 22.2. The smallest absolute Gasteiger partial charge is 0.262 e. The molecule has 0 bridgehead atoms. The number of methoxy groups -OCH3 is 1. The minimum Gasteiger partial charge on any atom is -0.497 e. The molecule has 0 spiro atoms. The second-order valence-corrected chi connectivity index (χ2v) is 3.56. The Morgan fingerprint density at radius 2 is 2.38 bits per heavy atom. The quantitative estimate of drug-likeness (QED) is 0.767. The molecule has 1 aromatic carbocycles. The summed E-state index contributed by atoms with van der Waals surface area (Å²) in [4.78, 5) is 11.6. The molecule has 1 aliphatic heterocycles. The van der Waals surface area contributed by atoms with E-state index in [2.05, 4.69) is 5.32 Å². The molecule has 0 aromatic heterocycles. The summed E-state index contributed by atoms with van der Waals surface area (Å²) >= 11 is 0. The molecule has 0 unspecified atom stereocenters. The van der Waals surface area contributed by atoms with Crippen LogP contribution in [0.5, 0.6) is 5.75 Å². The Labute approximate surface area is 92.3 Å². The van der Waals surface area contributed by atoms with Crippen LogP contribution >= 0.6 is 0 Å². The van der Waals surface area contributed by atoms with E-state index in [-0.39, 0.29) is 6.42 Å². The summed E-state index contributed by atoms with van der Waals surface area (Å²) in [6.45, 7) is 0. The standard InChI is InChI=1S/C11H10N2O3/c1-16-7-2-3-9-8(6-7)11(15,4-5-12)10(14)13-9/h2-3,6,15H,4H2,1H3,(H,13,14)/t11-/m0/s1. The van der Waals surface area contributed by atoms with Gasteiger partial charge in [-0.3, -0.25) is 4.79 Å². The molecule has 0 fully saturated rings. The molecule has 5 heteroatoms. The first-order chi connectivity index (χ1) is 7.61. The van der Waals surface area contributed by atoms with Crippen molar-refractivity contribution in [2.24, 2.45) is 0 Å². The predicted molar refractivity (Wildman–Crippen MR) is 55.8 cm³/mol. The first kappa shape index (κ1) is 10.5. The Hall–Kier alpha value is -2.06. The van der Waals surface area contributed by atoms with E-state index in [4.69, 9.17) is 10.00 Å². The van der Waals surface area contributed by atoms with E-state index < -0.39 is 11.5 Å². The van der Waals surface area contributed by atoms with Gasteiger partial charge in [0, 0.05) is 11.3 Å². The van der Waals surface area contributed by atoms with Gasteiger partial charge in [-0.25, -0.2) is 0 Å². The van der Waals surface area contributed by atoms with Crippen LogP contribution in [-0.4, -0.2) is 18.1 Å². The van der Waals surface area contributed by atoms with Gasteiger partial charge in [0.2, 0.25) is 0 Å². The van der Waals surface area contributed by atoms with E-state index in [9.17, 15) is 9.90 Å². The van der Waals surface area contributed by atoms with Gasteiger partial charge in [0.25, 0.3) is 5.91 Å². The van der Waals surface area contributed by atoms with Gasteiger partial charge in [0.1, 0.15) is 5.75 Å². The fraction of sp³-hybridized carbons (Fsp3) is 0.273. The maximum absolute atomic E-state index is 11.6. The van der Waals surface area contributed by atoms with Crippen molar-refractivity contribution in [3.05, 3.63) is 23.8 Å². The van der Waals surface area contributed by atoms with E-state index >= 15 is 0 Å². The number of carbonyl (C=O) groups excluding carboxylic acids is 1. The highest BCUT2D eigenvalue weighted by atomic mass is 16.5. The van der Waals surface area contributed by atoms with Gasteiger partial charge in [-0.1, -0.05) is 0 Å². The molecule has 1 amide bonds. The molecule has 0 radical (unpaired) electrons. The van der Waals surface area contributed by atoms with Crippen LogP contribution < -0.4 is 10.1 Å². The van der Waals surface area contributed by atoms with Crippen LogP contribution in [0.3, 0.4) is 0 Å². The van der Waals surface area contributed by atoms with Gasteiger partial charge in [0.15, 0.2) is 5.60 Å². The van der Waals surface area contributed by atoms with Gasteiger partial charge in [0.05, 0.1) is 19.6 Å². The Bertz CT molecular complexity index is 492. The molecule has 1 atom stereocenters. The van der Waals surface area contributed by atoms with Gasteiger partial charge >= 0.3 is 0 Å². The molecule has 2 N–H and O–H groups in total. The fourth-order valence-corrected chi connectivity index (χ4v) is 1.74.